The minimum atomic E-state index is -1.04. The number of rotatable bonds is 2. The summed E-state index contributed by atoms with van der Waals surface area (Å²) in [6.07, 6.45) is 0. The number of hydrogen-bond acceptors (Lipinski definition) is 2. The molecule has 2 aromatic rings. The molecule has 0 saturated heterocycles. The van der Waals surface area contributed by atoms with Crippen LogP contribution >= 0.6 is 0 Å². The molecule has 108 valence electrons. The average molecular weight is 288 g/mol. The Morgan fingerprint density at radius 3 is 2.81 bits per heavy atom. The Balaban J connectivity index is 1.85. The summed E-state index contributed by atoms with van der Waals surface area (Å²) in [7, 11) is 0. The fourth-order valence-corrected chi connectivity index (χ4v) is 2.55. The Labute approximate surface area is 121 Å². The Morgan fingerprint density at radius 2 is 1.95 bits per heavy atom. The number of benzene rings is 2. The summed E-state index contributed by atoms with van der Waals surface area (Å²) in [4.78, 5) is 12.4. The van der Waals surface area contributed by atoms with Gasteiger partial charge >= 0.3 is 0 Å². The molecule has 2 aromatic carbocycles. The van der Waals surface area contributed by atoms with Crippen LogP contribution in [0, 0.1) is 11.6 Å². The monoisotopic (exact) mass is 288 g/mol. The molecule has 1 unspecified atom stereocenters. The second kappa shape index (κ2) is 5.61. The van der Waals surface area contributed by atoms with E-state index in [2.05, 4.69) is 10.6 Å². The van der Waals surface area contributed by atoms with Crippen LogP contribution in [0.5, 0.6) is 0 Å². The fourth-order valence-electron chi connectivity index (χ4n) is 2.55. The third-order valence-electron chi connectivity index (χ3n) is 3.62. The van der Waals surface area contributed by atoms with E-state index in [-0.39, 0.29) is 11.6 Å². The van der Waals surface area contributed by atoms with Crippen molar-refractivity contribution < 1.29 is 13.6 Å². The van der Waals surface area contributed by atoms with Gasteiger partial charge in [0.25, 0.3) is 0 Å². The molecule has 0 fully saturated rings. The Kier molecular flexibility index (Phi) is 3.66. The number of hydrogen-bond donors (Lipinski definition) is 2. The van der Waals surface area contributed by atoms with Gasteiger partial charge in [0.15, 0.2) is 11.6 Å². The standard InChI is InChI=1S/C16H14F2N2O/c17-13-6-3-7-14(15(13)18)20-16(21)12-9-19-8-10-4-1-2-5-11(10)12/h1-7,12,19H,8-9H2,(H,20,21). The van der Waals surface area contributed by atoms with Gasteiger partial charge in [-0.25, -0.2) is 8.78 Å². The van der Waals surface area contributed by atoms with Gasteiger partial charge < -0.3 is 10.6 Å². The molecule has 1 heterocycles. The molecule has 1 aliphatic rings. The lowest BCUT2D eigenvalue weighted by Crippen LogP contribution is -2.35. The van der Waals surface area contributed by atoms with Crippen molar-refractivity contribution in [3.8, 4) is 0 Å². The molecule has 3 nitrogen and oxygen atoms in total. The second-order valence-corrected chi connectivity index (χ2v) is 4.97. The van der Waals surface area contributed by atoms with E-state index in [4.69, 9.17) is 0 Å². The molecule has 1 aliphatic heterocycles. The predicted molar refractivity (Wildman–Crippen MR) is 75.9 cm³/mol. The fraction of sp³-hybridized carbons (Fsp3) is 0.188. The number of anilines is 1. The maximum Gasteiger partial charge on any atom is 0.233 e. The van der Waals surface area contributed by atoms with Crippen LogP contribution in [-0.2, 0) is 11.3 Å². The van der Waals surface area contributed by atoms with E-state index in [0.717, 1.165) is 17.2 Å². The number of fused-ring (bicyclic) bond motifs is 1. The van der Waals surface area contributed by atoms with Crippen molar-refractivity contribution in [2.45, 2.75) is 12.5 Å². The highest BCUT2D eigenvalue weighted by atomic mass is 19.2. The van der Waals surface area contributed by atoms with Crippen molar-refractivity contribution in [2.24, 2.45) is 0 Å². The molecule has 1 amide bonds. The van der Waals surface area contributed by atoms with Crippen LogP contribution in [0.2, 0.25) is 0 Å². The molecular weight excluding hydrogens is 274 g/mol. The highest BCUT2D eigenvalue weighted by Gasteiger charge is 2.26. The van der Waals surface area contributed by atoms with Crippen LogP contribution in [0.4, 0.5) is 14.5 Å². The van der Waals surface area contributed by atoms with Gasteiger partial charge in [0, 0.05) is 13.1 Å². The molecule has 0 aliphatic carbocycles. The maximum atomic E-state index is 13.6. The minimum Gasteiger partial charge on any atom is -0.323 e. The molecule has 0 bridgehead atoms. The quantitative estimate of drug-likeness (QED) is 0.892. The summed E-state index contributed by atoms with van der Waals surface area (Å²) in [6, 6.07) is 11.3. The van der Waals surface area contributed by atoms with Crippen molar-refractivity contribution in [3.05, 3.63) is 65.2 Å². The zero-order valence-electron chi connectivity index (χ0n) is 11.2. The molecule has 0 aromatic heterocycles. The van der Waals surface area contributed by atoms with Crippen LogP contribution in [0.1, 0.15) is 17.0 Å². The lowest BCUT2D eigenvalue weighted by Gasteiger charge is -2.25. The van der Waals surface area contributed by atoms with Crippen LogP contribution in [0.15, 0.2) is 42.5 Å². The number of nitrogens with one attached hydrogen (secondary N) is 2. The second-order valence-electron chi connectivity index (χ2n) is 4.97. The molecular formula is C16H14F2N2O. The molecule has 21 heavy (non-hydrogen) atoms. The number of halogens is 2. The van der Waals surface area contributed by atoms with Gasteiger partial charge in [0.2, 0.25) is 5.91 Å². The van der Waals surface area contributed by atoms with Crippen LogP contribution in [0.3, 0.4) is 0 Å². The van der Waals surface area contributed by atoms with Gasteiger partial charge in [-0.3, -0.25) is 4.79 Å². The molecule has 2 N–H and O–H groups in total. The summed E-state index contributed by atoms with van der Waals surface area (Å²) in [6.45, 7) is 1.17. The van der Waals surface area contributed by atoms with E-state index < -0.39 is 17.6 Å². The van der Waals surface area contributed by atoms with Gasteiger partial charge in [-0.05, 0) is 23.3 Å². The van der Waals surface area contributed by atoms with Crippen LogP contribution in [-0.4, -0.2) is 12.5 Å². The normalized spacial score (nSPS) is 17.1. The lowest BCUT2D eigenvalue weighted by molar-refractivity contribution is -0.117. The molecule has 3 rings (SSSR count). The molecule has 1 atom stereocenters. The lowest BCUT2D eigenvalue weighted by atomic mass is 9.90. The molecule has 5 heteroatoms. The van der Waals surface area contributed by atoms with Crippen molar-refractivity contribution in [3.63, 3.8) is 0 Å². The summed E-state index contributed by atoms with van der Waals surface area (Å²) in [5.41, 5.74) is 1.83. The van der Waals surface area contributed by atoms with Gasteiger partial charge in [-0.15, -0.1) is 0 Å². The molecule has 0 radical (unpaired) electrons. The van der Waals surface area contributed by atoms with Crippen LogP contribution < -0.4 is 10.6 Å². The SMILES string of the molecule is O=C(Nc1cccc(F)c1F)C1CNCc2ccccc21. The third-order valence-corrected chi connectivity index (χ3v) is 3.62. The van der Waals surface area contributed by atoms with Gasteiger partial charge in [-0.1, -0.05) is 30.3 Å². The maximum absolute atomic E-state index is 13.6. The average Bonchev–Trinajstić information content (AvgIpc) is 2.51. The minimum absolute atomic E-state index is 0.136. The van der Waals surface area contributed by atoms with E-state index in [9.17, 15) is 13.6 Å². The van der Waals surface area contributed by atoms with Crippen molar-refractivity contribution in [1.29, 1.82) is 0 Å². The summed E-state index contributed by atoms with van der Waals surface area (Å²) in [5.74, 6) is -2.78. The smallest absolute Gasteiger partial charge is 0.233 e. The van der Waals surface area contributed by atoms with Gasteiger partial charge in [0.1, 0.15) is 0 Å². The van der Waals surface area contributed by atoms with E-state index in [1.807, 2.05) is 24.3 Å². The van der Waals surface area contributed by atoms with Gasteiger partial charge in [0.05, 0.1) is 11.6 Å². The summed E-state index contributed by atoms with van der Waals surface area (Å²) in [5, 5.41) is 5.62. The highest BCUT2D eigenvalue weighted by molar-refractivity contribution is 5.96. The summed E-state index contributed by atoms with van der Waals surface area (Å²) >= 11 is 0. The van der Waals surface area contributed by atoms with Crippen molar-refractivity contribution in [2.75, 3.05) is 11.9 Å². The zero-order chi connectivity index (χ0) is 14.8. The van der Waals surface area contributed by atoms with E-state index >= 15 is 0 Å². The van der Waals surface area contributed by atoms with Crippen LogP contribution in [0.25, 0.3) is 0 Å². The third kappa shape index (κ3) is 2.64. The largest absolute Gasteiger partial charge is 0.323 e. The first-order valence-electron chi connectivity index (χ1n) is 6.70. The predicted octanol–water partition coefficient (Wildman–Crippen LogP) is 2.79. The highest BCUT2D eigenvalue weighted by Crippen LogP contribution is 2.26. The topological polar surface area (TPSA) is 41.1 Å². The van der Waals surface area contributed by atoms with Crippen molar-refractivity contribution >= 4 is 11.6 Å². The van der Waals surface area contributed by atoms with Crippen molar-refractivity contribution in [1.82, 2.24) is 5.32 Å². The van der Waals surface area contributed by atoms with Gasteiger partial charge in [-0.2, -0.15) is 0 Å². The molecule has 0 saturated carbocycles. The first-order chi connectivity index (χ1) is 10.2. The first kappa shape index (κ1) is 13.7. The summed E-state index contributed by atoms with van der Waals surface area (Å²) < 4.78 is 26.8. The molecule has 0 spiro atoms. The Hall–Kier alpha value is -2.27. The van der Waals surface area contributed by atoms with E-state index in [0.29, 0.717) is 13.1 Å². The number of carbonyl (C=O) groups excluding carboxylic acids is 1. The van der Waals surface area contributed by atoms with E-state index in [1.54, 1.807) is 0 Å². The Bertz CT molecular complexity index is 688. The van der Waals surface area contributed by atoms with E-state index in [1.165, 1.54) is 12.1 Å². The Morgan fingerprint density at radius 1 is 1.14 bits per heavy atom. The zero-order valence-corrected chi connectivity index (χ0v) is 11.2. The first-order valence-corrected chi connectivity index (χ1v) is 6.70. The number of amides is 1. The number of carbonyl (C=O) groups is 1.